The Morgan fingerprint density at radius 3 is 1.55 bits per heavy atom. The number of carbonyl (C=O) groups excluding carboxylic acids is 4. The van der Waals surface area contributed by atoms with Crippen LogP contribution >= 0.6 is 23.2 Å². The third-order valence-corrected chi connectivity index (χ3v) is 10.4. The summed E-state index contributed by atoms with van der Waals surface area (Å²) in [4.78, 5) is 62.8. The van der Waals surface area contributed by atoms with Crippen LogP contribution in [-0.4, -0.2) is 77.9 Å². The van der Waals surface area contributed by atoms with Crippen molar-refractivity contribution >= 4 is 101 Å². The maximum absolute atomic E-state index is 12.2. The van der Waals surface area contributed by atoms with E-state index in [0.717, 1.165) is 40.9 Å². The second-order valence-electron chi connectivity index (χ2n) is 17.9. The molecule has 73 heavy (non-hydrogen) atoms. The van der Waals surface area contributed by atoms with Crippen LogP contribution in [0.25, 0.3) is 11.1 Å². The standard InChI is InChI=1S/C26H26ClN5O3.C19H15ClN4.C7H14N2O3.BH.U/c1-26(2,3)35-25(34)29-15-22(33)30-17-8-6-9-18(13-17)31-24-28-14-21(27)23(32-24)20-12-11-16-7-4-5-10-19(16)20;20-17-11-22-19(23-14-6-3-5-13(21)10-14)24-18(17)16-9-8-12-4-1-2-7-15(12)16;1-7(2,3)12-6(11)9-4-5(8)10;;/h4-10,12-14H,11,15H2,1-3H3,(H,29,34)(H,30,33)(H,28,31,32);1-7,9-11H,8,21H2,(H,22,23,24);4H2,1-3H3,(H2,8,10)(H,9,11);1H;/i;;;1T;. The molecule has 0 bridgehead atoms. The van der Waals surface area contributed by atoms with Gasteiger partial charge in [-0.15, -0.1) is 0 Å². The zero-order valence-electron chi connectivity index (χ0n) is 42.1. The number of rotatable bonds is 11. The van der Waals surface area contributed by atoms with E-state index in [1.165, 1.54) is 16.7 Å². The molecular weight excluding hydrogens is 1190 g/mol. The molecule has 6 aromatic rings. The number of nitrogens with zero attached hydrogens (tertiary/aromatic N) is 4. The minimum atomic E-state index is -0.654. The van der Waals surface area contributed by atoms with E-state index in [1.54, 1.807) is 72.1 Å². The van der Waals surface area contributed by atoms with Crippen molar-refractivity contribution in [3.05, 3.63) is 165 Å². The second-order valence-corrected chi connectivity index (χ2v) is 18.7. The fourth-order valence-electron chi connectivity index (χ4n) is 6.94. The average molecular weight is 1250 g/mol. The van der Waals surface area contributed by atoms with Crippen molar-refractivity contribution in [1.82, 2.24) is 30.6 Å². The van der Waals surface area contributed by atoms with Gasteiger partial charge >= 0.3 is 12.2 Å². The number of aromatic nitrogens is 4. The Bertz CT molecular complexity index is 3010. The molecule has 0 aliphatic heterocycles. The van der Waals surface area contributed by atoms with E-state index < -0.39 is 29.3 Å². The number of nitrogens with one attached hydrogen (secondary N) is 5. The molecule has 8 rings (SSSR count). The van der Waals surface area contributed by atoms with Crippen LogP contribution in [0.4, 0.5) is 44.2 Å². The zero-order valence-corrected chi connectivity index (χ0v) is 46.8. The number of nitrogen functional groups attached to an aromatic ring is 1. The first-order valence-corrected chi connectivity index (χ1v) is 23.1. The van der Waals surface area contributed by atoms with E-state index in [4.69, 9.17) is 45.5 Å². The van der Waals surface area contributed by atoms with Gasteiger partial charge in [-0.05, 0) is 114 Å². The molecule has 0 spiro atoms. The topological polar surface area (TPSA) is 250 Å². The number of ether oxygens (including phenoxy) is 2. The number of fused-ring (bicyclic) bond motifs is 2. The first-order valence-electron chi connectivity index (χ1n) is 22.9. The summed E-state index contributed by atoms with van der Waals surface area (Å²) in [6.45, 7) is 10.0. The summed E-state index contributed by atoms with van der Waals surface area (Å²) in [5.74, 6) is -0.110. The van der Waals surface area contributed by atoms with Crippen molar-refractivity contribution in [2.75, 3.05) is 34.8 Å². The maximum Gasteiger partial charge on any atom is 0.408 e. The second kappa shape index (κ2) is 26.7. The molecule has 0 saturated heterocycles. The largest absolute Gasteiger partial charge is 0.444 e. The number of carbonyl (C=O) groups is 4. The Kier molecular flexibility index (Phi) is 20.8. The van der Waals surface area contributed by atoms with Crippen LogP contribution < -0.4 is 38.1 Å². The van der Waals surface area contributed by atoms with Crippen LogP contribution in [0.2, 0.25) is 10.0 Å². The van der Waals surface area contributed by atoms with Crippen molar-refractivity contribution in [2.45, 2.75) is 65.6 Å². The third-order valence-electron chi connectivity index (χ3n) is 9.81. The van der Waals surface area contributed by atoms with Gasteiger partial charge in [-0.3, -0.25) is 9.59 Å². The van der Waals surface area contributed by atoms with Gasteiger partial charge in [0.05, 0.1) is 40.4 Å². The van der Waals surface area contributed by atoms with Gasteiger partial charge in [0.15, 0.2) is 0 Å². The van der Waals surface area contributed by atoms with Crippen LogP contribution in [-0.2, 0) is 31.9 Å². The van der Waals surface area contributed by atoms with E-state index in [9.17, 15) is 19.2 Å². The van der Waals surface area contributed by atoms with Gasteiger partial charge in [-0.25, -0.2) is 29.5 Å². The van der Waals surface area contributed by atoms with Crippen molar-refractivity contribution in [3.8, 4) is 0 Å². The molecule has 2 heterocycles. The average Bonchev–Trinajstić information content (AvgIpc) is 3.97. The number of nitrogens with two attached hydrogens (primary N) is 2. The molecule has 0 unspecified atom stereocenters. The number of benzene rings is 4. The third kappa shape index (κ3) is 18.3. The van der Waals surface area contributed by atoms with Gasteiger partial charge in [-0.2, -0.15) is 0 Å². The van der Waals surface area contributed by atoms with Crippen molar-refractivity contribution < 1.29 is 59.8 Å². The molecule has 2 radical (unpaired) electrons. The molecule has 4 aromatic carbocycles. The summed E-state index contributed by atoms with van der Waals surface area (Å²) in [5, 5.41) is 14.7. The van der Waals surface area contributed by atoms with E-state index in [1.807, 2.05) is 54.6 Å². The fraction of sp³-hybridized carbons (Fsp3) is 0.231. The van der Waals surface area contributed by atoms with Crippen LogP contribution in [0.3, 0.4) is 0 Å². The molecule has 21 heteroatoms. The molecule has 2 aliphatic rings. The minimum Gasteiger partial charge on any atom is -0.444 e. The smallest absolute Gasteiger partial charge is 0.408 e. The van der Waals surface area contributed by atoms with Gasteiger partial charge in [-0.1, -0.05) is 96.0 Å². The Labute approximate surface area is 461 Å². The fourth-order valence-corrected chi connectivity index (χ4v) is 7.33. The van der Waals surface area contributed by atoms with Crippen LogP contribution in [0.1, 0.15) is 75.2 Å². The van der Waals surface area contributed by atoms with E-state index in [0.29, 0.717) is 44.7 Å². The molecule has 376 valence electrons. The Morgan fingerprint density at radius 1 is 0.644 bits per heavy atom. The molecule has 4 amide bonds. The molecule has 2 aromatic heterocycles. The molecule has 9 N–H and O–H groups in total. The van der Waals surface area contributed by atoms with Crippen LogP contribution in [0.15, 0.2) is 122 Å². The summed E-state index contributed by atoms with van der Waals surface area (Å²) >= 11 is 12.8. The zero-order chi connectivity index (χ0) is 53.3. The number of amides is 4. The van der Waals surface area contributed by atoms with Gasteiger partial charge in [0, 0.05) is 73.4 Å². The van der Waals surface area contributed by atoms with Crippen molar-refractivity contribution in [2.24, 2.45) is 5.73 Å². The Balaban J connectivity index is 0.000000263. The number of primary amides is 1. The summed E-state index contributed by atoms with van der Waals surface area (Å²) in [5.41, 5.74) is 20.4. The Morgan fingerprint density at radius 2 is 1.08 bits per heavy atom. The summed E-state index contributed by atoms with van der Waals surface area (Å²) < 4.78 is 15.2. The van der Waals surface area contributed by atoms with Gasteiger partial charge in [0.25, 0.3) is 0 Å². The molecular formula is C52H56BCl2N11O6U. The number of hydrogen-bond acceptors (Lipinski definition) is 13. The monoisotopic (exact) mass is 1250 g/mol. The van der Waals surface area contributed by atoms with E-state index in [-0.39, 0.29) is 50.1 Å². The van der Waals surface area contributed by atoms with Crippen molar-refractivity contribution in [3.63, 3.8) is 0 Å². The van der Waals surface area contributed by atoms with E-state index >= 15 is 0 Å². The van der Waals surface area contributed by atoms with Crippen LogP contribution in [0.5, 0.6) is 0 Å². The number of halogens is 2. The van der Waals surface area contributed by atoms with Gasteiger partial charge in [0.2, 0.25) is 23.7 Å². The predicted octanol–water partition coefficient (Wildman–Crippen LogP) is 9.12. The number of allylic oxidation sites excluding steroid dienone is 2. The number of anilines is 6. The van der Waals surface area contributed by atoms with Crippen molar-refractivity contribution in [1.29, 1.82) is 1.34 Å². The van der Waals surface area contributed by atoms with Gasteiger partial charge in [0.1, 0.15) is 17.7 Å². The molecule has 0 fully saturated rings. The maximum atomic E-state index is 12.2. The first-order chi connectivity index (χ1) is 34.7. The summed E-state index contributed by atoms with van der Waals surface area (Å²) in [6, 6.07) is 31.0. The van der Waals surface area contributed by atoms with Crippen LogP contribution in [0, 0.1) is 31.1 Å². The number of alkyl carbamates (subject to hydrolysis) is 2. The predicted molar refractivity (Wildman–Crippen MR) is 286 cm³/mol. The quantitative estimate of drug-likeness (QED) is 0.0473. The summed E-state index contributed by atoms with van der Waals surface area (Å²) in [7, 11) is 3.75. The van der Waals surface area contributed by atoms with E-state index in [2.05, 4.69) is 91.3 Å². The Hall–Kier alpha value is -6.90. The van der Waals surface area contributed by atoms with Gasteiger partial charge < -0.3 is 47.5 Å². The SMILES string of the molecule is CC(C)(C)OC(=O)NCC(=O)Nc1cccc(Nc2ncc(Cl)c(C3=CCc4ccccc43)n2)c1.CC(C)(C)OC(=O)NCC(N)=O.Nc1cccc(Nc2ncc(Cl)c(C3=CCc4ccccc43)n2)c1.[3H][B].[U]. The first kappa shape index (κ1) is 57.0. The molecule has 2 aliphatic carbocycles. The molecule has 17 nitrogen and oxygen atoms in total. The molecule has 0 atom stereocenters. The normalized spacial score (nSPS) is 11.9. The minimum absolute atomic E-state index is 0. The summed E-state index contributed by atoms with van der Waals surface area (Å²) in [6.07, 6.45) is 7.90. The molecule has 0 saturated carbocycles. The number of hydrogen-bond donors (Lipinski definition) is 7.